The van der Waals surface area contributed by atoms with Crippen molar-refractivity contribution in [3.8, 4) is 0 Å². The number of amides is 1. The van der Waals surface area contributed by atoms with E-state index in [0.29, 0.717) is 17.7 Å². The van der Waals surface area contributed by atoms with Crippen molar-refractivity contribution in [3.05, 3.63) is 0 Å². The Morgan fingerprint density at radius 1 is 1.37 bits per heavy atom. The summed E-state index contributed by atoms with van der Waals surface area (Å²) in [6.07, 6.45) is 5.14. The number of carbonyl (C=O) groups excluding carboxylic acids is 1. The highest BCUT2D eigenvalue weighted by Gasteiger charge is 2.44. The second-order valence-corrected chi connectivity index (χ2v) is 6.79. The number of hydrogen-bond acceptors (Lipinski definition) is 3. The fourth-order valence-corrected chi connectivity index (χ4v) is 3.93. The molecule has 3 aliphatic rings. The quantitative estimate of drug-likeness (QED) is 0.784. The molecule has 0 spiro atoms. The number of hydrogen-bond donors (Lipinski definition) is 2. The van der Waals surface area contributed by atoms with Crippen LogP contribution in [0, 0.1) is 17.8 Å². The molecule has 0 bridgehead atoms. The second kappa shape index (κ2) is 5.06. The molecule has 4 nitrogen and oxygen atoms in total. The Bertz CT molecular complexity index is 356. The zero-order valence-corrected chi connectivity index (χ0v) is 11.9. The van der Waals surface area contributed by atoms with Gasteiger partial charge in [-0.2, -0.15) is 0 Å². The van der Waals surface area contributed by atoms with E-state index in [9.17, 15) is 9.90 Å². The number of rotatable bonds is 2. The largest absolute Gasteiger partial charge is 0.389 e. The molecule has 0 aromatic heterocycles. The molecule has 2 heterocycles. The Balaban J connectivity index is 1.62. The summed E-state index contributed by atoms with van der Waals surface area (Å²) >= 11 is 0. The van der Waals surface area contributed by atoms with Crippen LogP contribution in [-0.2, 0) is 4.79 Å². The SMILES string of the molecule is CC(C(=O)N1CCC2(O)CCCCC2C1)C1CNC1. The molecule has 3 rings (SSSR count). The van der Waals surface area contributed by atoms with Gasteiger partial charge in [0, 0.05) is 24.9 Å². The predicted octanol–water partition coefficient (Wildman–Crippen LogP) is 0.995. The van der Waals surface area contributed by atoms with Crippen LogP contribution in [0.5, 0.6) is 0 Å². The Morgan fingerprint density at radius 3 is 2.84 bits per heavy atom. The van der Waals surface area contributed by atoms with Gasteiger partial charge in [-0.05, 0) is 38.3 Å². The monoisotopic (exact) mass is 266 g/mol. The first-order valence-electron chi connectivity index (χ1n) is 7.82. The number of aliphatic hydroxyl groups is 1. The van der Waals surface area contributed by atoms with Crippen LogP contribution < -0.4 is 5.32 Å². The number of fused-ring (bicyclic) bond motifs is 1. The maximum atomic E-state index is 12.5. The average molecular weight is 266 g/mol. The molecule has 3 fully saturated rings. The van der Waals surface area contributed by atoms with Crippen molar-refractivity contribution >= 4 is 5.91 Å². The lowest BCUT2D eigenvalue weighted by atomic mass is 9.71. The van der Waals surface area contributed by atoms with Gasteiger partial charge in [0.2, 0.25) is 5.91 Å². The van der Waals surface area contributed by atoms with Crippen LogP contribution in [0.3, 0.4) is 0 Å². The number of piperidine rings is 1. The molecular formula is C15H26N2O2. The number of nitrogens with zero attached hydrogens (tertiary/aromatic N) is 1. The third-order valence-corrected chi connectivity index (χ3v) is 5.65. The van der Waals surface area contributed by atoms with Gasteiger partial charge in [0.25, 0.3) is 0 Å². The summed E-state index contributed by atoms with van der Waals surface area (Å²) in [4.78, 5) is 14.5. The Kier molecular flexibility index (Phi) is 3.56. The van der Waals surface area contributed by atoms with Crippen LogP contribution in [-0.4, -0.2) is 47.7 Å². The molecule has 1 saturated carbocycles. The standard InChI is InChI=1S/C15H26N2O2/c1-11(12-8-16-9-12)14(18)17-7-6-15(19)5-3-2-4-13(15)10-17/h11-13,16,19H,2-10H2,1H3. The van der Waals surface area contributed by atoms with Gasteiger partial charge in [0.1, 0.15) is 0 Å². The normalized spacial score (nSPS) is 37.4. The van der Waals surface area contributed by atoms with Crippen molar-refractivity contribution in [2.75, 3.05) is 26.2 Å². The van der Waals surface area contributed by atoms with Crippen molar-refractivity contribution in [2.45, 2.75) is 44.6 Å². The van der Waals surface area contributed by atoms with Crippen LogP contribution >= 0.6 is 0 Å². The van der Waals surface area contributed by atoms with E-state index in [-0.39, 0.29) is 5.92 Å². The fraction of sp³-hybridized carbons (Fsp3) is 0.933. The maximum absolute atomic E-state index is 12.5. The summed E-state index contributed by atoms with van der Waals surface area (Å²) in [5.74, 6) is 1.26. The minimum absolute atomic E-state index is 0.135. The topological polar surface area (TPSA) is 52.6 Å². The fourth-order valence-electron chi connectivity index (χ4n) is 3.93. The smallest absolute Gasteiger partial charge is 0.225 e. The van der Waals surface area contributed by atoms with Gasteiger partial charge in [-0.1, -0.05) is 19.8 Å². The molecule has 0 radical (unpaired) electrons. The van der Waals surface area contributed by atoms with Gasteiger partial charge in [0.15, 0.2) is 0 Å². The lowest BCUT2D eigenvalue weighted by molar-refractivity contribution is -0.149. The van der Waals surface area contributed by atoms with Crippen molar-refractivity contribution < 1.29 is 9.90 Å². The third-order valence-electron chi connectivity index (χ3n) is 5.65. The lowest BCUT2D eigenvalue weighted by Crippen LogP contribution is -2.57. The van der Waals surface area contributed by atoms with Gasteiger partial charge in [-0.25, -0.2) is 0 Å². The van der Waals surface area contributed by atoms with Crippen LogP contribution in [0.1, 0.15) is 39.0 Å². The number of likely N-dealkylation sites (tertiary alicyclic amines) is 1. The van der Waals surface area contributed by atoms with Crippen LogP contribution in [0.15, 0.2) is 0 Å². The molecule has 2 aliphatic heterocycles. The Hall–Kier alpha value is -0.610. The predicted molar refractivity (Wildman–Crippen MR) is 73.6 cm³/mol. The average Bonchev–Trinajstić information content (AvgIpc) is 2.34. The number of carbonyl (C=O) groups is 1. The van der Waals surface area contributed by atoms with Gasteiger partial charge < -0.3 is 15.3 Å². The third kappa shape index (κ3) is 2.40. The van der Waals surface area contributed by atoms with Crippen molar-refractivity contribution in [2.24, 2.45) is 17.8 Å². The highest BCUT2D eigenvalue weighted by Crippen LogP contribution is 2.40. The van der Waals surface area contributed by atoms with E-state index in [0.717, 1.165) is 51.9 Å². The summed E-state index contributed by atoms with van der Waals surface area (Å²) < 4.78 is 0. The van der Waals surface area contributed by atoms with Crippen molar-refractivity contribution in [3.63, 3.8) is 0 Å². The summed E-state index contributed by atoms with van der Waals surface area (Å²) in [6.45, 7) is 5.55. The summed E-state index contributed by atoms with van der Waals surface area (Å²) in [5.41, 5.74) is -0.476. The molecule has 0 aromatic rings. The maximum Gasteiger partial charge on any atom is 0.225 e. The molecule has 0 aromatic carbocycles. The molecule has 2 saturated heterocycles. The molecule has 108 valence electrons. The van der Waals surface area contributed by atoms with E-state index < -0.39 is 5.60 Å². The van der Waals surface area contributed by atoms with Gasteiger partial charge >= 0.3 is 0 Å². The number of nitrogens with one attached hydrogen (secondary N) is 1. The van der Waals surface area contributed by atoms with E-state index in [1.165, 1.54) is 6.42 Å². The first-order chi connectivity index (χ1) is 9.10. The first-order valence-corrected chi connectivity index (χ1v) is 7.82. The zero-order valence-electron chi connectivity index (χ0n) is 11.9. The minimum atomic E-state index is -0.476. The lowest BCUT2D eigenvalue weighted by Gasteiger charge is -2.48. The Morgan fingerprint density at radius 2 is 2.16 bits per heavy atom. The van der Waals surface area contributed by atoms with Crippen LogP contribution in [0.2, 0.25) is 0 Å². The van der Waals surface area contributed by atoms with Crippen LogP contribution in [0.25, 0.3) is 0 Å². The minimum Gasteiger partial charge on any atom is -0.389 e. The molecule has 2 N–H and O–H groups in total. The molecule has 3 unspecified atom stereocenters. The molecule has 4 heteroatoms. The van der Waals surface area contributed by atoms with Gasteiger partial charge in [0.05, 0.1) is 5.60 Å². The van der Waals surface area contributed by atoms with E-state index in [2.05, 4.69) is 12.2 Å². The molecule has 3 atom stereocenters. The van der Waals surface area contributed by atoms with Gasteiger partial charge in [-0.15, -0.1) is 0 Å². The second-order valence-electron chi connectivity index (χ2n) is 6.79. The molecular weight excluding hydrogens is 240 g/mol. The molecule has 19 heavy (non-hydrogen) atoms. The first kappa shape index (κ1) is 13.4. The van der Waals surface area contributed by atoms with Crippen molar-refractivity contribution in [1.82, 2.24) is 10.2 Å². The summed E-state index contributed by atoms with van der Waals surface area (Å²) in [5, 5.41) is 13.9. The van der Waals surface area contributed by atoms with Crippen LogP contribution in [0.4, 0.5) is 0 Å². The Labute approximate surface area is 115 Å². The van der Waals surface area contributed by atoms with Crippen molar-refractivity contribution in [1.29, 1.82) is 0 Å². The highest BCUT2D eigenvalue weighted by molar-refractivity contribution is 5.79. The van der Waals surface area contributed by atoms with Gasteiger partial charge in [-0.3, -0.25) is 4.79 Å². The molecule has 1 amide bonds. The zero-order chi connectivity index (χ0) is 13.5. The van der Waals surface area contributed by atoms with E-state index >= 15 is 0 Å². The van der Waals surface area contributed by atoms with E-state index in [1.54, 1.807) is 0 Å². The molecule has 1 aliphatic carbocycles. The summed E-state index contributed by atoms with van der Waals surface area (Å²) in [7, 11) is 0. The van der Waals surface area contributed by atoms with E-state index in [4.69, 9.17) is 0 Å². The summed E-state index contributed by atoms with van der Waals surface area (Å²) in [6, 6.07) is 0. The highest BCUT2D eigenvalue weighted by atomic mass is 16.3. The van der Waals surface area contributed by atoms with E-state index in [1.807, 2.05) is 4.90 Å².